The van der Waals surface area contributed by atoms with E-state index in [0.29, 0.717) is 17.8 Å². The van der Waals surface area contributed by atoms with E-state index in [1.165, 1.54) is 6.92 Å². The highest BCUT2D eigenvalue weighted by Crippen LogP contribution is 2.10. The Balaban J connectivity index is 2.63. The van der Waals surface area contributed by atoms with Crippen LogP contribution in [0.15, 0.2) is 24.3 Å². The fourth-order valence-electron chi connectivity index (χ4n) is 1.40. The van der Waals surface area contributed by atoms with E-state index >= 15 is 0 Å². The molecular formula is C13H16N2O3. The second kappa shape index (κ2) is 6.54. The predicted octanol–water partition coefficient (Wildman–Crippen LogP) is 1.35. The van der Waals surface area contributed by atoms with Gasteiger partial charge in [0.2, 0.25) is 5.91 Å². The van der Waals surface area contributed by atoms with Crippen molar-refractivity contribution in [3.63, 3.8) is 0 Å². The number of amides is 2. The molecule has 0 unspecified atom stereocenters. The number of hydrogen-bond donors (Lipinski definition) is 2. The van der Waals surface area contributed by atoms with Crippen molar-refractivity contribution in [1.29, 1.82) is 0 Å². The Morgan fingerprint density at radius 1 is 1.11 bits per heavy atom. The van der Waals surface area contributed by atoms with Crippen LogP contribution in [0.5, 0.6) is 0 Å². The van der Waals surface area contributed by atoms with Crippen molar-refractivity contribution >= 4 is 23.3 Å². The third-order valence-electron chi connectivity index (χ3n) is 2.18. The van der Waals surface area contributed by atoms with Crippen LogP contribution in [0.2, 0.25) is 0 Å². The summed E-state index contributed by atoms with van der Waals surface area (Å²) >= 11 is 0. The molecule has 5 nitrogen and oxygen atoms in total. The first-order valence-electron chi connectivity index (χ1n) is 5.70. The van der Waals surface area contributed by atoms with Crippen LogP contribution in [-0.2, 0) is 9.59 Å². The quantitative estimate of drug-likeness (QED) is 0.772. The van der Waals surface area contributed by atoms with Crippen molar-refractivity contribution in [2.75, 3.05) is 11.9 Å². The second-order valence-electron chi connectivity index (χ2n) is 3.86. The number of anilines is 1. The van der Waals surface area contributed by atoms with E-state index < -0.39 is 0 Å². The van der Waals surface area contributed by atoms with E-state index in [4.69, 9.17) is 0 Å². The summed E-state index contributed by atoms with van der Waals surface area (Å²) in [5.74, 6) is -0.696. The van der Waals surface area contributed by atoms with Gasteiger partial charge in [0.15, 0.2) is 0 Å². The SMILES string of the molecule is CCNC(=O)c1ccc(NC(=O)CC(C)=O)cc1. The molecule has 0 radical (unpaired) electrons. The standard InChI is InChI=1S/C13H16N2O3/c1-3-14-13(18)10-4-6-11(7-5-10)15-12(17)8-9(2)16/h4-7H,3,8H2,1-2H3,(H,14,18)(H,15,17). The predicted molar refractivity (Wildman–Crippen MR) is 68.4 cm³/mol. The molecule has 0 atom stereocenters. The molecule has 96 valence electrons. The molecule has 0 heterocycles. The van der Waals surface area contributed by atoms with Crippen LogP contribution < -0.4 is 10.6 Å². The summed E-state index contributed by atoms with van der Waals surface area (Å²) in [4.78, 5) is 33.6. The molecule has 0 aliphatic carbocycles. The van der Waals surface area contributed by atoms with Gasteiger partial charge in [-0.25, -0.2) is 0 Å². The van der Waals surface area contributed by atoms with Crippen molar-refractivity contribution in [2.45, 2.75) is 20.3 Å². The van der Waals surface area contributed by atoms with Crippen LogP contribution in [0.4, 0.5) is 5.69 Å². The van der Waals surface area contributed by atoms with Crippen molar-refractivity contribution in [2.24, 2.45) is 0 Å². The smallest absolute Gasteiger partial charge is 0.251 e. The Morgan fingerprint density at radius 3 is 2.22 bits per heavy atom. The molecule has 0 fully saturated rings. The van der Waals surface area contributed by atoms with Crippen LogP contribution in [0.25, 0.3) is 0 Å². The van der Waals surface area contributed by atoms with Crippen LogP contribution in [0, 0.1) is 0 Å². The van der Waals surface area contributed by atoms with Gasteiger partial charge < -0.3 is 10.6 Å². The molecule has 0 aliphatic heterocycles. The van der Waals surface area contributed by atoms with Gasteiger partial charge in [-0.15, -0.1) is 0 Å². The average Bonchev–Trinajstić information content (AvgIpc) is 2.29. The number of carbonyl (C=O) groups excluding carboxylic acids is 3. The zero-order valence-electron chi connectivity index (χ0n) is 10.4. The van der Waals surface area contributed by atoms with Crippen LogP contribution in [0.3, 0.4) is 0 Å². The van der Waals surface area contributed by atoms with E-state index in [-0.39, 0.29) is 24.0 Å². The van der Waals surface area contributed by atoms with E-state index in [1.807, 2.05) is 6.92 Å². The van der Waals surface area contributed by atoms with Gasteiger partial charge in [-0.3, -0.25) is 14.4 Å². The van der Waals surface area contributed by atoms with Crippen molar-refractivity contribution in [1.82, 2.24) is 5.32 Å². The Hall–Kier alpha value is -2.17. The van der Waals surface area contributed by atoms with E-state index in [9.17, 15) is 14.4 Å². The van der Waals surface area contributed by atoms with Crippen LogP contribution in [0.1, 0.15) is 30.6 Å². The maximum atomic E-state index is 11.5. The van der Waals surface area contributed by atoms with Crippen LogP contribution >= 0.6 is 0 Å². The third-order valence-corrected chi connectivity index (χ3v) is 2.18. The maximum absolute atomic E-state index is 11.5. The van der Waals surface area contributed by atoms with Gasteiger partial charge in [-0.1, -0.05) is 0 Å². The lowest BCUT2D eigenvalue weighted by Gasteiger charge is -2.05. The lowest BCUT2D eigenvalue weighted by atomic mass is 10.2. The largest absolute Gasteiger partial charge is 0.352 e. The first-order valence-corrected chi connectivity index (χ1v) is 5.70. The van der Waals surface area contributed by atoms with Gasteiger partial charge >= 0.3 is 0 Å². The van der Waals surface area contributed by atoms with E-state index in [1.54, 1.807) is 24.3 Å². The van der Waals surface area contributed by atoms with Gasteiger partial charge in [0.05, 0.1) is 6.42 Å². The van der Waals surface area contributed by atoms with Gasteiger partial charge in [0.25, 0.3) is 5.91 Å². The Kier molecular flexibility index (Phi) is 5.05. The minimum absolute atomic E-state index is 0.141. The molecule has 0 spiro atoms. The highest BCUT2D eigenvalue weighted by Gasteiger charge is 2.07. The van der Waals surface area contributed by atoms with Crippen molar-refractivity contribution in [3.05, 3.63) is 29.8 Å². The summed E-state index contributed by atoms with van der Waals surface area (Å²) in [5.41, 5.74) is 1.09. The van der Waals surface area contributed by atoms with E-state index in [0.717, 1.165) is 0 Å². The van der Waals surface area contributed by atoms with Gasteiger partial charge in [0.1, 0.15) is 5.78 Å². The number of hydrogen-bond acceptors (Lipinski definition) is 3. The number of carbonyl (C=O) groups is 3. The molecule has 2 amide bonds. The summed E-state index contributed by atoms with van der Waals surface area (Å²) in [7, 11) is 0. The molecular weight excluding hydrogens is 232 g/mol. The lowest BCUT2D eigenvalue weighted by Crippen LogP contribution is -2.22. The number of benzene rings is 1. The summed E-state index contributed by atoms with van der Waals surface area (Å²) in [6.45, 7) is 3.77. The molecule has 0 aromatic heterocycles. The van der Waals surface area contributed by atoms with Gasteiger partial charge in [-0.2, -0.15) is 0 Å². The number of nitrogens with one attached hydrogen (secondary N) is 2. The summed E-state index contributed by atoms with van der Waals surface area (Å²) in [6, 6.07) is 6.49. The zero-order chi connectivity index (χ0) is 13.5. The average molecular weight is 248 g/mol. The normalized spacial score (nSPS) is 9.67. The molecule has 0 aliphatic rings. The second-order valence-corrected chi connectivity index (χ2v) is 3.86. The molecule has 2 N–H and O–H groups in total. The molecule has 0 saturated heterocycles. The summed E-state index contributed by atoms with van der Waals surface area (Å²) in [6.07, 6.45) is -0.141. The van der Waals surface area contributed by atoms with Crippen molar-refractivity contribution < 1.29 is 14.4 Å². The monoisotopic (exact) mass is 248 g/mol. The Bertz CT molecular complexity index is 452. The highest BCUT2D eigenvalue weighted by atomic mass is 16.2. The molecule has 1 aromatic carbocycles. The van der Waals surface area contributed by atoms with Crippen molar-refractivity contribution in [3.8, 4) is 0 Å². The molecule has 0 bridgehead atoms. The molecule has 0 saturated carbocycles. The van der Waals surface area contributed by atoms with Gasteiger partial charge in [0, 0.05) is 17.8 Å². The molecule has 1 aromatic rings. The Labute approximate surface area is 106 Å². The fraction of sp³-hybridized carbons (Fsp3) is 0.308. The maximum Gasteiger partial charge on any atom is 0.251 e. The molecule has 1 rings (SSSR count). The number of ketones is 1. The topological polar surface area (TPSA) is 75.3 Å². The fourth-order valence-corrected chi connectivity index (χ4v) is 1.40. The van der Waals surface area contributed by atoms with Gasteiger partial charge in [-0.05, 0) is 38.1 Å². The molecule has 5 heteroatoms. The minimum atomic E-state index is -0.353. The zero-order valence-corrected chi connectivity index (χ0v) is 10.4. The van der Waals surface area contributed by atoms with E-state index in [2.05, 4.69) is 10.6 Å². The Morgan fingerprint density at radius 2 is 1.72 bits per heavy atom. The summed E-state index contributed by atoms with van der Waals surface area (Å²) in [5, 5.41) is 5.26. The minimum Gasteiger partial charge on any atom is -0.352 e. The third kappa shape index (κ3) is 4.37. The lowest BCUT2D eigenvalue weighted by molar-refractivity contribution is -0.124. The van der Waals surface area contributed by atoms with Crippen LogP contribution in [-0.4, -0.2) is 24.1 Å². The molecule has 18 heavy (non-hydrogen) atoms. The highest BCUT2D eigenvalue weighted by molar-refractivity contribution is 6.03. The summed E-state index contributed by atoms with van der Waals surface area (Å²) < 4.78 is 0. The number of Topliss-reactive ketones (excluding diaryl/α,β-unsaturated/α-hetero) is 1. The first kappa shape index (κ1) is 13.9. The number of rotatable bonds is 5. The first-order chi connectivity index (χ1) is 8.52.